The van der Waals surface area contributed by atoms with Crippen LogP contribution in [0.2, 0.25) is 0 Å². The maximum atomic E-state index is 15.8. The number of ether oxygens (including phenoxy) is 1. The smallest absolute Gasteiger partial charge is 0.387 e. The van der Waals surface area contributed by atoms with Gasteiger partial charge in [-0.25, -0.2) is 8.78 Å². The van der Waals surface area contributed by atoms with Gasteiger partial charge in [-0.15, -0.1) is 0 Å². The van der Waals surface area contributed by atoms with E-state index in [1.807, 2.05) is 0 Å². The van der Waals surface area contributed by atoms with E-state index in [1.165, 1.54) is 43.0 Å². The Morgan fingerprint density at radius 1 is 1.11 bits per heavy atom. The normalized spacial score (nSPS) is 13.4. The molecule has 1 fully saturated rings. The number of benzene rings is 3. The molecule has 0 unspecified atom stereocenters. The molecule has 0 radical (unpaired) electrons. The van der Waals surface area contributed by atoms with Gasteiger partial charge in [-0.3, -0.25) is 9.59 Å². The number of rotatable bonds is 9. The summed E-state index contributed by atoms with van der Waals surface area (Å²) in [6.07, 6.45) is 1.82. The van der Waals surface area contributed by atoms with Crippen LogP contribution in [0.25, 0.3) is 0 Å². The van der Waals surface area contributed by atoms with Crippen LogP contribution in [0.4, 0.5) is 28.9 Å². The average Bonchev–Trinajstić information content (AvgIpc) is 3.68. The highest BCUT2D eigenvalue weighted by Gasteiger charge is 2.31. The summed E-state index contributed by atoms with van der Waals surface area (Å²) < 4.78 is 61.1. The summed E-state index contributed by atoms with van der Waals surface area (Å²) in [6.45, 7) is -0.488. The predicted octanol–water partition coefficient (Wildman–Crippen LogP) is 7.70. The molecule has 0 aromatic heterocycles. The molecule has 3 aromatic carbocycles. The fourth-order valence-corrected chi connectivity index (χ4v) is 4.45. The second-order valence-electron chi connectivity index (χ2n) is 9.50. The lowest BCUT2D eigenvalue weighted by molar-refractivity contribution is -0.0495. The van der Waals surface area contributed by atoms with Crippen molar-refractivity contribution >= 4 is 39.1 Å². The van der Waals surface area contributed by atoms with Crippen LogP contribution in [0.3, 0.4) is 0 Å². The highest BCUT2D eigenvalue weighted by atomic mass is 79.9. The minimum absolute atomic E-state index is 0.0290. The van der Waals surface area contributed by atoms with Gasteiger partial charge in [0.25, 0.3) is 11.8 Å². The molecular formula is C28H25BrF4N2O3. The Morgan fingerprint density at radius 3 is 2.39 bits per heavy atom. The van der Waals surface area contributed by atoms with Gasteiger partial charge < -0.3 is 15.0 Å². The summed E-state index contributed by atoms with van der Waals surface area (Å²) in [6, 6.07) is 14.9. The molecule has 0 aliphatic heterocycles. The molecular weight excluding hydrogens is 568 g/mol. The molecule has 0 heterocycles. The summed E-state index contributed by atoms with van der Waals surface area (Å²) in [5.74, 6) is -2.58. The van der Waals surface area contributed by atoms with Crippen molar-refractivity contribution in [1.29, 1.82) is 0 Å². The van der Waals surface area contributed by atoms with E-state index in [1.54, 1.807) is 30.3 Å². The summed E-state index contributed by atoms with van der Waals surface area (Å²) in [4.78, 5) is 27.8. The second-order valence-corrected chi connectivity index (χ2v) is 10.4. The third-order valence-corrected chi connectivity index (χ3v) is 6.74. The van der Waals surface area contributed by atoms with Crippen LogP contribution < -0.4 is 15.0 Å². The van der Waals surface area contributed by atoms with Crippen molar-refractivity contribution < 1.29 is 31.9 Å². The lowest BCUT2D eigenvalue weighted by Gasteiger charge is -2.24. The van der Waals surface area contributed by atoms with E-state index < -0.39 is 41.2 Å². The summed E-state index contributed by atoms with van der Waals surface area (Å²) in [7, 11) is 0. The van der Waals surface area contributed by atoms with E-state index in [2.05, 4.69) is 26.0 Å². The molecule has 1 saturated carbocycles. The van der Waals surface area contributed by atoms with Crippen LogP contribution in [-0.4, -0.2) is 25.0 Å². The highest BCUT2D eigenvalue weighted by molar-refractivity contribution is 9.10. The van der Waals surface area contributed by atoms with Crippen LogP contribution in [0.15, 0.2) is 65.1 Å². The van der Waals surface area contributed by atoms with Crippen molar-refractivity contribution in [3.05, 3.63) is 87.6 Å². The van der Waals surface area contributed by atoms with Gasteiger partial charge in [0.2, 0.25) is 0 Å². The number of carbonyl (C=O) groups excluding carboxylic acids is 2. The lowest BCUT2D eigenvalue weighted by atomic mass is 9.99. The Hall–Kier alpha value is -3.40. The van der Waals surface area contributed by atoms with E-state index in [0.29, 0.717) is 5.56 Å². The third-order valence-electron chi connectivity index (χ3n) is 6.11. The van der Waals surface area contributed by atoms with Crippen molar-refractivity contribution in [2.75, 3.05) is 16.8 Å². The third kappa shape index (κ3) is 6.35. The SMILES string of the molecule is CC(C)(F)c1cc(Br)c(NC(=O)c2cccc(N(CC3CC3)C(=O)c3ccccc3)c2F)c(OC(F)F)c1. The van der Waals surface area contributed by atoms with E-state index in [0.717, 1.165) is 18.9 Å². The van der Waals surface area contributed by atoms with Gasteiger partial charge in [-0.05, 0) is 90.5 Å². The van der Waals surface area contributed by atoms with Gasteiger partial charge in [0, 0.05) is 16.6 Å². The Labute approximate surface area is 225 Å². The standard InChI is InChI=1S/C28H25BrF4N2O3/c1-28(2,33)18-13-20(29)24(22(14-18)38-27(31)32)34-25(36)19-9-6-10-21(23(19)30)35(15-16-11-12-16)26(37)17-7-4-3-5-8-17/h3-10,13-14,16,27H,11-12,15H2,1-2H3,(H,34,36). The molecule has 1 aliphatic rings. The van der Waals surface area contributed by atoms with Gasteiger partial charge >= 0.3 is 6.61 Å². The van der Waals surface area contributed by atoms with Crippen molar-refractivity contribution in [3.63, 3.8) is 0 Å². The molecule has 10 heteroatoms. The second kappa shape index (κ2) is 11.1. The monoisotopic (exact) mass is 592 g/mol. The largest absolute Gasteiger partial charge is 0.433 e. The zero-order valence-electron chi connectivity index (χ0n) is 20.6. The first-order chi connectivity index (χ1) is 18.0. The topological polar surface area (TPSA) is 58.6 Å². The molecule has 0 saturated heterocycles. The quantitative estimate of drug-likeness (QED) is 0.259. The predicted molar refractivity (Wildman–Crippen MR) is 140 cm³/mol. The highest BCUT2D eigenvalue weighted by Crippen LogP contribution is 2.40. The first-order valence-corrected chi connectivity index (χ1v) is 12.7. The van der Waals surface area contributed by atoms with Crippen LogP contribution in [0.5, 0.6) is 5.75 Å². The van der Waals surface area contributed by atoms with Crippen LogP contribution in [0, 0.1) is 11.7 Å². The molecule has 2 amide bonds. The maximum absolute atomic E-state index is 15.8. The number of halogens is 5. The molecule has 5 nitrogen and oxygen atoms in total. The lowest BCUT2D eigenvalue weighted by Crippen LogP contribution is -2.34. The zero-order valence-corrected chi connectivity index (χ0v) is 22.2. The number of carbonyl (C=O) groups is 2. The van der Waals surface area contributed by atoms with Crippen LogP contribution in [0.1, 0.15) is 53.0 Å². The number of anilines is 2. The molecule has 1 N–H and O–H groups in total. The number of alkyl halides is 3. The minimum Gasteiger partial charge on any atom is -0.433 e. The van der Waals surface area contributed by atoms with Gasteiger partial charge in [0.05, 0.1) is 16.9 Å². The molecule has 0 atom stereocenters. The molecule has 4 rings (SSSR count). The number of nitrogens with zero attached hydrogens (tertiary/aromatic N) is 1. The zero-order chi connectivity index (χ0) is 27.6. The Morgan fingerprint density at radius 2 is 1.79 bits per heavy atom. The molecule has 0 bridgehead atoms. The number of hydrogen-bond donors (Lipinski definition) is 1. The maximum Gasteiger partial charge on any atom is 0.387 e. The summed E-state index contributed by atoms with van der Waals surface area (Å²) >= 11 is 3.16. The summed E-state index contributed by atoms with van der Waals surface area (Å²) in [5.41, 5.74) is -2.19. The van der Waals surface area contributed by atoms with Gasteiger partial charge in [0.1, 0.15) is 5.67 Å². The summed E-state index contributed by atoms with van der Waals surface area (Å²) in [5, 5.41) is 2.39. The Balaban J connectivity index is 1.69. The number of nitrogens with one attached hydrogen (secondary N) is 1. The molecule has 1 aliphatic carbocycles. The Kier molecular flexibility index (Phi) is 8.10. The first-order valence-electron chi connectivity index (χ1n) is 11.9. The van der Waals surface area contributed by atoms with E-state index >= 15 is 4.39 Å². The van der Waals surface area contributed by atoms with Crippen molar-refractivity contribution in [2.24, 2.45) is 5.92 Å². The van der Waals surface area contributed by atoms with Crippen molar-refractivity contribution in [3.8, 4) is 5.75 Å². The van der Waals surface area contributed by atoms with Crippen LogP contribution >= 0.6 is 15.9 Å². The number of hydrogen-bond acceptors (Lipinski definition) is 3. The fourth-order valence-electron chi connectivity index (χ4n) is 3.91. The van der Waals surface area contributed by atoms with Crippen molar-refractivity contribution in [2.45, 2.75) is 39.0 Å². The van der Waals surface area contributed by atoms with Gasteiger partial charge in [-0.1, -0.05) is 24.3 Å². The van der Waals surface area contributed by atoms with Crippen molar-refractivity contribution in [1.82, 2.24) is 0 Å². The fraction of sp³-hybridized carbons (Fsp3) is 0.286. The minimum atomic E-state index is -3.25. The molecule has 0 spiro atoms. The van der Waals surface area contributed by atoms with E-state index in [4.69, 9.17) is 0 Å². The van der Waals surface area contributed by atoms with E-state index in [-0.39, 0.29) is 33.9 Å². The molecule has 38 heavy (non-hydrogen) atoms. The van der Waals surface area contributed by atoms with Gasteiger partial charge in [0.15, 0.2) is 11.6 Å². The van der Waals surface area contributed by atoms with E-state index in [9.17, 15) is 22.8 Å². The Bertz CT molecular complexity index is 1340. The first kappa shape index (κ1) is 27.6. The molecule has 200 valence electrons. The van der Waals surface area contributed by atoms with Crippen LogP contribution in [-0.2, 0) is 5.67 Å². The number of amides is 2. The average molecular weight is 593 g/mol. The van der Waals surface area contributed by atoms with Gasteiger partial charge in [-0.2, -0.15) is 8.78 Å². The molecule has 3 aromatic rings.